The van der Waals surface area contributed by atoms with Crippen molar-refractivity contribution in [2.75, 3.05) is 13.2 Å². The third-order valence-electron chi connectivity index (χ3n) is 8.99. The van der Waals surface area contributed by atoms with Crippen LogP contribution in [0.1, 0.15) is 106 Å². The normalized spacial score (nSPS) is 12.1. The van der Waals surface area contributed by atoms with E-state index in [1.807, 2.05) is 50.2 Å². The van der Waals surface area contributed by atoms with Crippen LogP contribution in [0.5, 0.6) is 11.5 Å². The van der Waals surface area contributed by atoms with Gasteiger partial charge in [-0.1, -0.05) is 126 Å². The van der Waals surface area contributed by atoms with Crippen LogP contribution in [-0.4, -0.2) is 37.2 Å². The Balaban J connectivity index is 1.25. The van der Waals surface area contributed by atoms with Gasteiger partial charge in [0.25, 0.3) is 0 Å². The molecule has 276 valence electrons. The summed E-state index contributed by atoms with van der Waals surface area (Å²) in [5.74, 6) is -0.400. The van der Waals surface area contributed by atoms with E-state index < -0.39 is 24.0 Å². The number of carbonyl (C=O) groups is 3. The van der Waals surface area contributed by atoms with Gasteiger partial charge in [0.1, 0.15) is 11.5 Å². The predicted molar refractivity (Wildman–Crippen MR) is 207 cm³/mol. The van der Waals surface area contributed by atoms with Gasteiger partial charge in [-0.15, -0.1) is 0 Å². The summed E-state index contributed by atoms with van der Waals surface area (Å²) < 4.78 is 22.1. The first-order chi connectivity index (χ1) is 25.2. The van der Waals surface area contributed by atoms with Crippen molar-refractivity contribution in [2.45, 2.75) is 91.6 Å². The molecule has 0 radical (unpaired) electrons. The van der Waals surface area contributed by atoms with E-state index >= 15 is 0 Å². The SMILES string of the molecule is CCCCCCCCCCOc1ccc(-c2ccc(C(=O)Oc3ccc(-c4ccc(C(=O)OC(C)C(=O)OCC(C)CC)cc4)cc3Cl)cc2)cc1. The molecule has 0 heterocycles. The molecule has 0 aliphatic heterocycles. The number of hydrogen-bond acceptors (Lipinski definition) is 7. The van der Waals surface area contributed by atoms with E-state index in [1.165, 1.54) is 51.9 Å². The highest BCUT2D eigenvalue weighted by Crippen LogP contribution is 2.32. The molecule has 0 aliphatic carbocycles. The highest BCUT2D eigenvalue weighted by atomic mass is 35.5. The molecule has 0 spiro atoms. The zero-order valence-electron chi connectivity index (χ0n) is 30.8. The van der Waals surface area contributed by atoms with Gasteiger partial charge < -0.3 is 18.9 Å². The van der Waals surface area contributed by atoms with Gasteiger partial charge in [0.15, 0.2) is 6.10 Å². The van der Waals surface area contributed by atoms with Gasteiger partial charge in [-0.2, -0.15) is 0 Å². The third-order valence-corrected chi connectivity index (χ3v) is 9.28. The van der Waals surface area contributed by atoms with Gasteiger partial charge in [-0.05, 0) is 90.0 Å². The molecule has 0 aliphatic rings. The Labute approximate surface area is 313 Å². The smallest absolute Gasteiger partial charge is 0.347 e. The molecule has 4 aromatic rings. The van der Waals surface area contributed by atoms with Crippen molar-refractivity contribution in [1.82, 2.24) is 0 Å². The Morgan fingerprint density at radius 3 is 1.73 bits per heavy atom. The Hall–Kier alpha value is -4.62. The summed E-state index contributed by atoms with van der Waals surface area (Å²) >= 11 is 6.52. The Bertz CT molecular complexity index is 1720. The van der Waals surface area contributed by atoms with Crippen molar-refractivity contribution in [3.05, 3.63) is 107 Å². The predicted octanol–water partition coefficient (Wildman–Crippen LogP) is 11.5. The number of carbonyl (C=O) groups excluding carboxylic acids is 3. The van der Waals surface area contributed by atoms with E-state index in [4.69, 9.17) is 30.5 Å². The second-order valence-corrected chi connectivity index (χ2v) is 13.6. The van der Waals surface area contributed by atoms with Crippen LogP contribution in [0, 0.1) is 5.92 Å². The molecule has 4 aromatic carbocycles. The fourth-order valence-corrected chi connectivity index (χ4v) is 5.64. The van der Waals surface area contributed by atoms with E-state index in [1.54, 1.807) is 54.6 Å². The molecule has 0 fully saturated rings. The summed E-state index contributed by atoms with van der Waals surface area (Å²) in [4.78, 5) is 37.7. The molecular formula is C44H51ClO7. The minimum absolute atomic E-state index is 0.233. The number of hydrogen-bond donors (Lipinski definition) is 0. The second kappa shape index (κ2) is 21.0. The van der Waals surface area contributed by atoms with Crippen molar-refractivity contribution in [3.8, 4) is 33.8 Å². The number of ether oxygens (including phenoxy) is 4. The number of halogens is 1. The van der Waals surface area contributed by atoms with Crippen LogP contribution in [0.15, 0.2) is 91.0 Å². The molecule has 0 bridgehead atoms. The lowest BCUT2D eigenvalue weighted by Crippen LogP contribution is -2.27. The lowest BCUT2D eigenvalue weighted by atomic mass is 10.0. The minimum atomic E-state index is -1.02. The lowest BCUT2D eigenvalue weighted by molar-refractivity contribution is -0.154. The summed E-state index contributed by atoms with van der Waals surface area (Å²) in [5, 5.41) is 0.264. The summed E-state index contributed by atoms with van der Waals surface area (Å²) in [6, 6.07) is 27.1. The van der Waals surface area contributed by atoms with Crippen molar-refractivity contribution in [3.63, 3.8) is 0 Å². The Morgan fingerprint density at radius 2 is 1.15 bits per heavy atom. The fraction of sp³-hybridized carbons (Fsp3) is 0.386. The van der Waals surface area contributed by atoms with Gasteiger partial charge in [-0.25, -0.2) is 14.4 Å². The summed E-state index contributed by atoms with van der Waals surface area (Å²) in [7, 11) is 0. The molecule has 0 aromatic heterocycles. The Kier molecular flexibility index (Phi) is 16.2. The van der Waals surface area contributed by atoms with E-state index in [-0.39, 0.29) is 23.3 Å². The first-order valence-corrected chi connectivity index (χ1v) is 18.9. The fourth-order valence-electron chi connectivity index (χ4n) is 5.43. The van der Waals surface area contributed by atoms with Gasteiger partial charge >= 0.3 is 17.9 Å². The molecule has 0 N–H and O–H groups in total. The quantitative estimate of drug-likeness (QED) is 0.0509. The van der Waals surface area contributed by atoms with Gasteiger partial charge in [0.2, 0.25) is 0 Å². The van der Waals surface area contributed by atoms with Crippen LogP contribution in [0.2, 0.25) is 5.02 Å². The molecule has 2 unspecified atom stereocenters. The molecule has 4 rings (SSSR count). The van der Waals surface area contributed by atoms with E-state index in [2.05, 4.69) is 6.92 Å². The highest BCUT2D eigenvalue weighted by Gasteiger charge is 2.21. The Morgan fingerprint density at radius 1 is 0.635 bits per heavy atom. The van der Waals surface area contributed by atoms with Crippen LogP contribution in [0.3, 0.4) is 0 Å². The standard InChI is InChI=1S/C44H51ClO7/c1-5-7-8-9-10-11-12-13-28-49-39-25-22-34(23-26-39)33-14-18-37(19-15-33)44(48)52-41-27-24-38(29-40(41)45)35-16-20-36(21-17-35)43(47)51-32(4)42(46)50-30-31(3)6-2/h14-27,29,31-32H,5-13,28,30H2,1-4H3. The highest BCUT2D eigenvalue weighted by molar-refractivity contribution is 6.32. The first-order valence-electron chi connectivity index (χ1n) is 18.5. The molecule has 0 saturated carbocycles. The third kappa shape index (κ3) is 12.6. The number of unbranched alkanes of at least 4 members (excludes halogenated alkanes) is 7. The molecule has 52 heavy (non-hydrogen) atoms. The summed E-state index contributed by atoms with van der Waals surface area (Å²) in [6.07, 6.45) is 10.0. The lowest BCUT2D eigenvalue weighted by Gasteiger charge is -2.15. The number of rotatable bonds is 20. The van der Waals surface area contributed by atoms with Gasteiger partial charge in [0.05, 0.1) is 29.4 Å². The largest absolute Gasteiger partial charge is 0.494 e. The maximum absolute atomic E-state index is 13.0. The van der Waals surface area contributed by atoms with Crippen molar-refractivity contribution < 1.29 is 33.3 Å². The van der Waals surface area contributed by atoms with Crippen molar-refractivity contribution >= 4 is 29.5 Å². The van der Waals surface area contributed by atoms with Crippen LogP contribution < -0.4 is 9.47 Å². The van der Waals surface area contributed by atoms with Crippen LogP contribution in [-0.2, 0) is 14.3 Å². The van der Waals surface area contributed by atoms with E-state index in [0.717, 1.165) is 47.5 Å². The second-order valence-electron chi connectivity index (χ2n) is 13.2. The van der Waals surface area contributed by atoms with Crippen molar-refractivity contribution in [1.29, 1.82) is 0 Å². The first kappa shape index (κ1) is 40.2. The summed E-state index contributed by atoms with van der Waals surface area (Å²) in [6.45, 7) is 8.74. The van der Waals surface area contributed by atoms with Gasteiger partial charge in [0, 0.05) is 0 Å². The number of esters is 3. The molecule has 2 atom stereocenters. The van der Waals surface area contributed by atoms with Crippen LogP contribution in [0.4, 0.5) is 0 Å². The van der Waals surface area contributed by atoms with Crippen LogP contribution >= 0.6 is 11.6 Å². The average molecular weight is 727 g/mol. The monoisotopic (exact) mass is 726 g/mol. The van der Waals surface area contributed by atoms with E-state index in [0.29, 0.717) is 11.1 Å². The average Bonchev–Trinajstić information content (AvgIpc) is 3.17. The molecule has 0 amide bonds. The number of benzene rings is 4. The maximum atomic E-state index is 13.0. The van der Waals surface area contributed by atoms with Gasteiger partial charge in [-0.3, -0.25) is 0 Å². The molecule has 7 nitrogen and oxygen atoms in total. The molecule has 0 saturated heterocycles. The molecule has 8 heteroatoms. The zero-order valence-corrected chi connectivity index (χ0v) is 31.6. The zero-order chi connectivity index (χ0) is 37.3. The molecular weight excluding hydrogens is 676 g/mol. The van der Waals surface area contributed by atoms with E-state index in [9.17, 15) is 14.4 Å². The maximum Gasteiger partial charge on any atom is 0.347 e. The van der Waals surface area contributed by atoms with Crippen LogP contribution in [0.25, 0.3) is 22.3 Å². The topological polar surface area (TPSA) is 88.1 Å². The summed E-state index contributed by atoms with van der Waals surface area (Å²) in [5.41, 5.74) is 4.24. The minimum Gasteiger partial charge on any atom is -0.494 e. The van der Waals surface area contributed by atoms with Crippen molar-refractivity contribution in [2.24, 2.45) is 5.92 Å².